The van der Waals surface area contributed by atoms with Crippen LogP contribution in [0.3, 0.4) is 0 Å². The summed E-state index contributed by atoms with van der Waals surface area (Å²) >= 11 is 0. The number of carbonyl (C=O) groups is 1. The third kappa shape index (κ3) is 46.5. The van der Waals surface area contributed by atoms with Crippen LogP contribution >= 0.6 is 0 Å². The van der Waals surface area contributed by atoms with Gasteiger partial charge in [-0.15, -0.1) is 0 Å². The van der Waals surface area contributed by atoms with Crippen LogP contribution in [0.4, 0.5) is 4.79 Å². The zero-order chi connectivity index (χ0) is 3.58. The molecule has 0 heterocycles. The van der Waals surface area contributed by atoms with Crippen molar-refractivity contribution in [1.82, 2.24) is 0 Å². The molecule has 0 saturated carbocycles. The fourth-order valence-electron chi connectivity index (χ4n) is 0. The first-order valence-electron chi connectivity index (χ1n) is 0.612. The van der Waals surface area contributed by atoms with Crippen molar-refractivity contribution in [3.8, 4) is 0 Å². The fraction of sp³-hybridized carbons (Fsp3) is 0. The van der Waals surface area contributed by atoms with E-state index in [9.17, 15) is 0 Å². The van der Waals surface area contributed by atoms with Crippen LogP contribution in [-0.2, 0) is 0 Å². The molecule has 0 saturated heterocycles. The fourth-order valence-corrected chi connectivity index (χ4v) is 0. The Morgan fingerprint density at radius 3 is 1.00 bits per heavy atom. The standard InChI is InChI=1S/CH2O3.2K.2Na.2H/c2-1(3)4;;;;;;/h(H2,2,3,4);;;;;;/q;2*+1;;;;/p-2. The van der Waals surface area contributed by atoms with Crippen molar-refractivity contribution in [3.63, 3.8) is 0 Å². The molecule has 0 fully saturated rings. The zero-order valence-corrected chi connectivity index (χ0v) is 9.97. The molecule has 8 heavy (non-hydrogen) atoms. The molecular formula is CH2K2Na2O3. The van der Waals surface area contributed by atoms with E-state index < -0.39 is 6.16 Å². The summed E-state index contributed by atoms with van der Waals surface area (Å²) in [6.07, 6.45) is -2.33. The second-order valence-corrected chi connectivity index (χ2v) is 0.250. The van der Waals surface area contributed by atoms with Crippen LogP contribution in [-0.4, -0.2) is 65.3 Å². The molecule has 0 aromatic carbocycles. The van der Waals surface area contributed by atoms with E-state index in [1.54, 1.807) is 0 Å². The number of rotatable bonds is 0. The number of carbonyl (C=O) groups excluding carboxylic acids is 1. The van der Waals surface area contributed by atoms with Crippen LogP contribution in [0, 0.1) is 0 Å². The number of hydrogen-bond acceptors (Lipinski definition) is 3. The SMILES string of the molecule is O=C([O-])[O-].[K+].[K+].[NaH].[NaH]. The van der Waals surface area contributed by atoms with Gasteiger partial charge in [-0.2, -0.15) is 0 Å². The van der Waals surface area contributed by atoms with Gasteiger partial charge in [-0.1, -0.05) is 0 Å². The first kappa shape index (κ1) is 29.4. The molecule has 28 valence electrons. The van der Waals surface area contributed by atoms with Gasteiger partial charge in [0.2, 0.25) is 0 Å². The van der Waals surface area contributed by atoms with Gasteiger partial charge in [-0.05, 0) is 6.16 Å². The van der Waals surface area contributed by atoms with Crippen molar-refractivity contribution >= 4 is 65.3 Å². The monoisotopic (exact) mass is 186 g/mol. The Labute approximate surface area is 177 Å². The molecule has 0 aromatic heterocycles. The van der Waals surface area contributed by atoms with Crippen LogP contribution < -0.4 is 113 Å². The Morgan fingerprint density at radius 2 is 1.00 bits per heavy atom. The zero-order valence-electron chi connectivity index (χ0n) is 3.72. The van der Waals surface area contributed by atoms with Gasteiger partial charge >= 0.3 is 162 Å². The van der Waals surface area contributed by atoms with Crippen molar-refractivity contribution in [2.24, 2.45) is 0 Å². The summed E-state index contributed by atoms with van der Waals surface area (Å²) in [5.41, 5.74) is 0. The molecule has 0 bridgehead atoms. The molecule has 0 aliphatic carbocycles. The molecule has 3 nitrogen and oxygen atoms in total. The molecule has 0 amide bonds. The summed E-state index contributed by atoms with van der Waals surface area (Å²) in [5.74, 6) is 0. The van der Waals surface area contributed by atoms with Crippen LogP contribution in [0.1, 0.15) is 0 Å². The summed E-state index contributed by atoms with van der Waals surface area (Å²) in [6.45, 7) is 0. The van der Waals surface area contributed by atoms with Gasteiger partial charge in [0.05, 0.1) is 0 Å². The van der Waals surface area contributed by atoms with E-state index in [1.165, 1.54) is 0 Å². The molecule has 0 aromatic rings. The van der Waals surface area contributed by atoms with E-state index in [-0.39, 0.29) is 162 Å². The number of hydrogen-bond donors (Lipinski definition) is 0. The Bertz CT molecular complexity index is 38.3. The molecular weight excluding hydrogens is 184 g/mol. The summed E-state index contributed by atoms with van der Waals surface area (Å²) in [6, 6.07) is 0. The second kappa shape index (κ2) is 22.6. The second-order valence-electron chi connectivity index (χ2n) is 0.250. The van der Waals surface area contributed by atoms with E-state index in [4.69, 9.17) is 15.0 Å². The predicted molar refractivity (Wildman–Crippen MR) is 19.7 cm³/mol. The van der Waals surface area contributed by atoms with E-state index in [1.807, 2.05) is 0 Å². The predicted octanol–water partition coefficient (Wildman–Crippen LogP) is -9.74. The van der Waals surface area contributed by atoms with Crippen molar-refractivity contribution in [2.75, 3.05) is 0 Å². The summed E-state index contributed by atoms with van der Waals surface area (Å²) < 4.78 is 0. The van der Waals surface area contributed by atoms with Crippen LogP contribution in [0.5, 0.6) is 0 Å². The van der Waals surface area contributed by atoms with Gasteiger partial charge in [-0.3, -0.25) is 0 Å². The van der Waals surface area contributed by atoms with E-state index in [2.05, 4.69) is 0 Å². The quantitative estimate of drug-likeness (QED) is 0.353. The van der Waals surface area contributed by atoms with Crippen molar-refractivity contribution < 1.29 is 118 Å². The number of carboxylic acid groups (broad SMARTS) is 2. The van der Waals surface area contributed by atoms with E-state index in [0.717, 1.165) is 0 Å². The van der Waals surface area contributed by atoms with Crippen molar-refractivity contribution in [1.29, 1.82) is 0 Å². The Balaban J connectivity index is -0.00000000750. The Kier molecular flexibility index (Phi) is 82.8. The topological polar surface area (TPSA) is 63.2 Å². The van der Waals surface area contributed by atoms with Gasteiger partial charge < -0.3 is 15.0 Å². The van der Waals surface area contributed by atoms with Gasteiger partial charge in [0.15, 0.2) is 0 Å². The molecule has 0 aliphatic heterocycles. The van der Waals surface area contributed by atoms with E-state index >= 15 is 0 Å². The van der Waals surface area contributed by atoms with Crippen LogP contribution in [0.2, 0.25) is 0 Å². The first-order chi connectivity index (χ1) is 1.73. The van der Waals surface area contributed by atoms with Gasteiger partial charge in [-0.25, -0.2) is 0 Å². The average molecular weight is 186 g/mol. The molecule has 0 spiro atoms. The van der Waals surface area contributed by atoms with E-state index in [0.29, 0.717) is 0 Å². The minimum atomic E-state index is -2.33. The maximum atomic E-state index is 8.33. The first-order valence-corrected chi connectivity index (χ1v) is 0.612. The molecule has 0 aliphatic rings. The molecule has 0 rings (SSSR count). The van der Waals surface area contributed by atoms with Crippen molar-refractivity contribution in [3.05, 3.63) is 0 Å². The summed E-state index contributed by atoms with van der Waals surface area (Å²) in [7, 11) is 0. The third-order valence-electron chi connectivity index (χ3n) is 0. The summed E-state index contributed by atoms with van der Waals surface area (Å²) in [4.78, 5) is 8.33. The van der Waals surface area contributed by atoms with Crippen molar-refractivity contribution in [2.45, 2.75) is 0 Å². The molecule has 7 heteroatoms. The Hall–Kier alpha value is 4.54. The molecule has 0 atom stereocenters. The molecule has 0 radical (unpaired) electrons. The van der Waals surface area contributed by atoms with Crippen LogP contribution in [0.15, 0.2) is 0 Å². The van der Waals surface area contributed by atoms with Gasteiger partial charge in [0.1, 0.15) is 0 Å². The van der Waals surface area contributed by atoms with Gasteiger partial charge in [0.25, 0.3) is 0 Å². The normalized spacial score (nSPS) is 3.00. The Morgan fingerprint density at radius 1 is 1.00 bits per heavy atom. The summed E-state index contributed by atoms with van der Waals surface area (Å²) in [5, 5.41) is 16.7. The molecule has 0 N–H and O–H groups in total. The maximum absolute atomic E-state index is 8.33. The van der Waals surface area contributed by atoms with Gasteiger partial charge in [0, 0.05) is 0 Å². The van der Waals surface area contributed by atoms with Crippen LogP contribution in [0.25, 0.3) is 0 Å². The third-order valence-corrected chi connectivity index (χ3v) is 0. The average Bonchev–Trinajstić information content (AvgIpc) is 0.811. The minimum absolute atomic E-state index is 0. The molecule has 0 unspecified atom stereocenters.